The third kappa shape index (κ3) is 3.48. The molecule has 208 valence electrons. The Balaban J connectivity index is 1.41. The van der Waals surface area contributed by atoms with Gasteiger partial charge in [0, 0.05) is 27.3 Å². The van der Waals surface area contributed by atoms with Gasteiger partial charge in [-0.3, -0.25) is 4.57 Å². The Kier molecular flexibility index (Phi) is 5.21. The van der Waals surface area contributed by atoms with Crippen LogP contribution in [0.15, 0.2) is 133 Å². The highest BCUT2D eigenvalue weighted by atomic mass is 15.2. The van der Waals surface area contributed by atoms with E-state index in [1.54, 1.807) is 0 Å². The van der Waals surface area contributed by atoms with Gasteiger partial charge in [-0.25, -0.2) is 4.98 Å². The maximum Gasteiger partial charge on any atom is 0.238 e. The van der Waals surface area contributed by atoms with Crippen molar-refractivity contribution in [3.05, 3.63) is 145 Å². The summed E-state index contributed by atoms with van der Waals surface area (Å²) in [6.07, 6.45) is 0. The molecule has 0 bridgehead atoms. The van der Waals surface area contributed by atoms with Crippen molar-refractivity contribution in [3.63, 3.8) is 0 Å². The lowest BCUT2D eigenvalue weighted by molar-refractivity contribution is 0.666. The molecular formula is C40H28N4. The molecule has 4 heteroatoms. The van der Waals surface area contributed by atoms with E-state index in [1.807, 2.05) is 36.4 Å². The minimum absolute atomic E-state index is 0.142. The molecule has 1 aliphatic carbocycles. The standard InChI is InChI=1S/C40H28N4/c1-40(2)31-19-11-9-17-28(31)29-23-21-25-22-24-33-35(34(25)36(29)40)30-18-10-12-20-32(30)44(33)39-42-37(26-13-5-3-6-14-26)41-38(43-39)27-15-7-4-8-16-27/h3-24H,1-2H3. The van der Waals surface area contributed by atoms with Crippen LogP contribution >= 0.6 is 0 Å². The zero-order valence-corrected chi connectivity index (χ0v) is 24.5. The van der Waals surface area contributed by atoms with E-state index in [2.05, 4.69) is 115 Å². The van der Waals surface area contributed by atoms with Gasteiger partial charge in [0.15, 0.2) is 11.6 Å². The van der Waals surface area contributed by atoms with Gasteiger partial charge in [-0.05, 0) is 45.2 Å². The fourth-order valence-corrected chi connectivity index (χ4v) is 7.26. The molecule has 44 heavy (non-hydrogen) atoms. The molecule has 0 radical (unpaired) electrons. The molecule has 8 aromatic rings. The first-order valence-corrected chi connectivity index (χ1v) is 15.1. The first-order valence-electron chi connectivity index (χ1n) is 15.1. The summed E-state index contributed by atoms with van der Waals surface area (Å²) in [6.45, 7) is 4.72. The second-order valence-electron chi connectivity index (χ2n) is 12.1. The van der Waals surface area contributed by atoms with Crippen molar-refractivity contribution in [1.29, 1.82) is 0 Å². The molecule has 0 spiro atoms. The largest absolute Gasteiger partial charge is 0.278 e. The Morgan fingerprint density at radius 1 is 0.500 bits per heavy atom. The number of hydrogen-bond donors (Lipinski definition) is 0. The van der Waals surface area contributed by atoms with Crippen molar-refractivity contribution in [2.75, 3.05) is 0 Å². The monoisotopic (exact) mass is 564 g/mol. The predicted octanol–water partition coefficient (Wildman–Crippen LogP) is 9.76. The SMILES string of the molecule is CC1(C)c2ccccc2-c2ccc3ccc4c(c5ccccc5n4-c4nc(-c5ccccc5)nc(-c5ccccc5)n4)c3c21. The van der Waals surface area contributed by atoms with Crippen LogP contribution in [0.25, 0.3) is 72.4 Å². The zero-order valence-electron chi connectivity index (χ0n) is 24.5. The highest BCUT2D eigenvalue weighted by Crippen LogP contribution is 2.53. The van der Waals surface area contributed by atoms with E-state index in [4.69, 9.17) is 15.0 Å². The van der Waals surface area contributed by atoms with Crippen molar-refractivity contribution in [2.24, 2.45) is 0 Å². The first kappa shape index (κ1) is 24.9. The predicted molar refractivity (Wildman–Crippen MR) is 180 cm³/mol. The number of para-hydroxylation sites is 1. The molecule has 0 aliphatic heterocycles. The van der Waals surface area contributed by atoms with Gasteiger partial charge in [0.1, 0.15) is 0 Å². The molecule has 0 amide bonds. The molecule has 9 rings (SSSR count). The average molecular weight is 565 g/mol. The van der Waals surface area contributed by atoms with Crippen molar-refractivity contribution in [3.8, 4) is 39.9 Å². The lowest BCUT2D eigenvalue weighted by Gasteiger charge is -2.23. The van der Waals surface area contributed by atoms with E-state index in [0.717, 1.165) is 22.2 Å². The summed E-state index contributed by atoms with van der Waals surface area (Å²) in [6, 6.07) is 46.9. The van der Waals surface area contributed by atoms with Gasteiger partial charge in [-0.15, -0.1) is 0 Å². The summed E-state index contributed by atoms with van der Waals surface area (Å²) in [4.78, 5) is 15.2. The van der Waals surface area contributed by atoms with Crippen molar-refractivity contribution in [2.45, 2.75) is 19.3 Å². The van der Waals surface area contributed by atoms with Crippen LogP contribution in [0.2, 0.25) is 0 Å². The number of aromatic nitrogens is 4. The normalized spacial score (nSPS) is 13.4. The van der Waals surface area contributed by atoms with Crippen molar-refractivity contribution in [1.82, 2.24) is 19.5 Å². The van der Waals surface area contributed by atoms with Crippen molar-refractivity contribution < 1.29 is 0 Å². The van der Waals surface area contributed by atoms with Crippen LogP contribution in [0.3, 0.4) is 0 Å². The number of hydrogen-bond acceptors (Lipinski definition) is 3. The minimum Gasteiger partial charge on any atom is -0.278 e. The lowest BCUT2D eigenvalue weighted by Crippen LogP contribution is -2.15. The van der Waals surface area contributed by atoms with Gasteiger partial charge >= 0.3 is 0 Å². The van der Waals surface area contributed by atoms with E-state index in [1.165, 1.54) is 43.8 Å². The Morgan fingerprint density at radius 2 is 1.11 bits per heavy atom. The van der Waals surface area contributed by atoms with Gasteiger partial charge in [-0.2, -0.15) is 9.97 Å². The Morgan fingerprint density at radius 3 is 1.84 bits per heavy atom. The van der Waals surface area contributed by atoms with Gasteiger partial charge in [0.2, 0.25) is 5.95 Å². The summed E-state index contributed by atoms with van der Waals surface area (Å²) in [5, 5.41) is 4.97. The van der Waals surface area contributed by atoms with Gasteiger partial charge < -0.3 is 0 Å². The van der Waals surface area contributed by atoms with Crippen molar-refractivity contribution >= 4 is 32.6 Å². The Hall–Kier alpha value is -5.61. The highest BCUT2D eigenvalue weighted by Gasteiger charge is 2.37. The molecule has 0 saturated carbocycles. The number of nitrogens with zero attached hydrogens (tertiary/aromatic N) is 4. The quantitative estimate of drug-likeness (QED) is 0.215. The molecule has 0 atom stereocenters. The smallest absolute Gasteiger partial charge is 0.238 e. The summed E-state index contributed by atoms with van der Waals surface area (Å²) in [7, 11) is 0. The third-order valence-corrected chi connectivity index (χ3v) is 9.22. The molecule has 0 fully saturated rings. The summed E-state index contributed by atoms with van der Waals surface area (Å²) < 4.78 is 2.22. The number of rotatable bonds is 3. The van der Waals surface area contributed by atoms with Gasteiger partial charge in [-0.1, -0.05) is 135 Å². The molecule has 4 nitrogen and oxygen atoms in total. The fourth-order valence-electron chi connectivity index (χ4n) is 7.26. The van der Waals surface area contributed by atoms with Crippen LogP contribution in [0.4, 0.5) is 0 Å². The molecule has 1 aliphatic rings. The van der Waals surface area contributed by atoms with Crippen LogP contribution in [0.1, 0.15) is 25.0 Å². The Bertz CT molecular complexity index is 2350. The van der Waals surface area contributed by atoms with E-state index in [0.29, 0.717) is 17.6 Å². The van der Waals surface area contributed by atoms with E-state index < -0.39 is 0 Å². The minimum atomic E-state index is -0.142. The van der Waals surface area contributed by atoms with Crippen LogP contribution < -0.4 is 0 Å². The molecule has 0 unspecified atom stereocenters. The molecule has 2 aromatic heterocycles. The second kappa shape index (κ2) is 9.19. The number of benzene rings is 6. The summed E-state index contributed by atoms with van der Waals surface area (Å²) in [5.41, 5.74) is 9.34. The maximum atomic E-state index is 5.13. The van der Waals surface area contributed by atoms with Gasteiger partial charge in [0.25, 0.3) is 0 Å². The summed E-state index contributed by atoms with van der Waals surface area (Å²) >= 11 is 0. The maximum absolute atomic E-state index is 5.13. The van der Waals surface area contributed by atoms with E-state index >= 15 is 0 Å². The van der Waals surface area contributed by atoms with Crippen LogP contribution in [0.5, 0.6) is 0 Å². The third-order valence-electron chi connectivity index (χ3n) is 9.22. The lowest BCUT2D eigenvalue weighted by atomic mass is 9.79. The zero-order chi connectivity index (χ0) is 29.4. The number of fused-ring (bicyclic) bond motifs is 9. The van der Waals surface area contributed by atoms with Crippen LogP contribution in [-0.4, -0.2) is 19.5 Å². The topological polar surface area (TPSA) is 43.6 Å². The van der Waals surface area contributed by atoms with Crippen LogP contribution in [0, 0.1) is 0 Å². The highest BCUT2D eigenvalue weighted by molar-refractivity contribution is 6.23. The molecule has 6 aromatic carbocycles. The molecule has 0 N–H and O–H groups in total. The van der Waals surface area contributed by atoms with Crippen LogP contribution in [-0.2, 0) is 5.41 Å². The summed E-state index contributed by atoms with van der Waals surface area (Å²) in [5.74, 6) is 1.91. The molecular weight excluding hydrogens is 536 g/mol. The molecule has 2 heterocycles. The first-order chi connectivity index (χ1) is 21.6. The molecule has 0 saturated heterocycles. The second-order valence-corrected chi connectivity index (χ2v) is 12.1. The Labute approximate surface area is 255 Å². The van der Waals surface area contributed by atoms with E-state index in [-0.39, 0.29) is 5.41 Å². The fraction of sp³-hybridized carbons (Fsp3) is 0.0750. The van der Waals surface area contributed by atoms with Gasteiger partial charge in [0.05, 0.1) is 11.0 Å². The van der Waals surface area contributed by atoms with E-state index in [9.17, 15) is 0 Å². The average Bonchev–Trinajstić information content (AvgIpc) is 3.54.